The first-order valence-electron chi connectivity index (χ1n) is 6.97. The highest BCUT2D eigenvalue weighted by Crippen LogP contribution is 2.30. The Kier molecular flexibility index (Phi) is 4.96. The fraction of sp³-hybridized carbons (Fsp3) is 0.167. The number of nitro benzene ring substituents is 1. The molecule has 0 aliphatic carbocycles. The molecule has 0 aliphatic heterocycles. The molecule has 0 saturated carbocycles. The fourth-order valence-electron chi connectivity index (χ4n) is 2.26. The average Bonchev–Trinajstić information content (AvgIpc) is 2.55. The maximum Gasteiger partial charge on any atom is 0.293 e. The van der Waals surface area contributed by atoms with Crippen molar-refractivity contribution in [1.82, 2.24) is 0 Å². The second kappa shape index (κ2) is 7.11. The van der Waals surface area contributed by atoms with E-state index in [0.29, 0.717) is 12.2 Å². The quantitative estimate of drug-likeness (QED) is 0.482. The van der Waals surface area contributed by atoms with Gasteiger partial charge >= 0.3 is 0 Å². The SMILES string of the molecule is C#CCN(Cc1ccc(C)cc1)c1ccc(C#N)cc1[N+](=O)[O-]. The molecule has 5 heteroatoms. The van der Waals surface area contributed by atoms with Gasteiger partial charge in [0.05, 0.1) is 23.1 Å². The smallest absolute Gasteiger partial charge is 0.293 e. The van der Waals surface area contributed by atoms with E-state index in [4.69, 9.17) is 11.7 Å². The Labute approximate surface area is 134 Å². The Hall–Kier alpha value is -3.31. The summed E-state index contributed by atoms with van der Waals surface area (Å²) in [6.07, 6.45) is 5.41. The van der Waals surface area contributed by atoms with Crippen molar-refractivity contribution in [1.29, 1.82) is 5.26 Å². The zero-order chi connectivity index (χ0) is 16.8. The van der Waals surface area contributed by atoms with Gasteiger partial charge in [-0.05, 0) is 24.6 Å². The van der Waals surface area contributed by atoms with Gasteiger partial charge in [0.15, 0.2) is 0 Å². The summed E-state index contributed by atoms with van der Waals surface area (Å²) in [6, 6.07) is 14.2. The molecule has 0 aromatic heterocycles. The van der Waals surface area contributed by atoms with Gasteiger partial charge < -0.3 is 4.90 Å². The zero-order valence-corrected chi connectivity index (χ0v) is 12.7. The predicted octanol–water partition coefficient (Wildman–Crippen LogP) is 3.41. The molecule has 114 valence electrons. The molecule has 2 rings (SSSR count). The number of benzene rings is 2. The number of hydrogen-bond acceptors (Lipinski definition) is 4. The summed E-state index contributed by atoms with van der Waals surface area (Å²) in [5, 5.41) is 20.2. The Balaban J connectivity index is 2.41. The van der Waals surface area contributed by atoms with Crippen molar-refractivity contribution in [3.8, 4) is 18.4 Å². The summed E-state index contributed by atoms with van der Waals surface area (Å²) in [5.74, 6) is 2.53. The molecule has 0 radical (unpaired) electrons. The third-order valence-corrected chi connectivity index (χ3v) is 3.42. The molecule has 0 aliphatic rings. The largest absolute Gasteiger partial charge is 0.351 e. The summed E-state index contributed by atoms with van der Waals surface area (Å²) in [7, 11) is 0. The number of hydrogen-bond donors (Lipinski definition) is 0. The van der Waals surface area contributed by atoms with E-state index in [0.717, 1.165) is 11.1 Å². The lowest BCUT2D eigenvalue weighted by atomic mass is 10.1. The van der Waals surface area contributed by atoms with Crippen LogP contribution in [0.1, 0.15) is 16.7 Å². The van der Waals surface area contributed by atoms with Crippen molar-refractivity contribution in [3.05, 3.63) is 69.3 Å². The first kappa shape index (κ1) is 16.1. The van der Waals surface area contributed by atoms with Crippen LogP contribution in [-0.2, 0) is 6.54 Å². The number of nitriles is 1. The molecule has 0 fully saturated rings. The van der Waals surface area contributed by atoms with Crippen molar-refractivity contribution < 1.29 is 4.92 Å². The summed E-state index contributed by atoms with van der Waals surface area (Å²) in [5.41, 5.74) is 2.68. The van der Waals surface area contributed by atoms with Crippen LogP contribution in [0.3, 0.4) is 0 Å². The summed E-state index contributed by atoms with van der Waals surface area (Å²) >= 11 is 0. The predicted molar refractivity (Wildman–Crippen MR) is 88.9 cm³/mol. The fourth-order valence-corrected chi connectivity index (χ4v) is 2.26. The molecular formula is C18H15N3O2. The first-order valence-corrected chi connectivity index (χ1v) is 6.97. The van der Waals surface area contributed by atoms with E-state index >= 15 is 0 Å². The molecule has 0 amide bonds. The number of anilines is 1. The van der Waals surface area contributed by atoms with Gasteiger partial charge in [0, 0.05) is 12.6 Å². The number of nitro groups is 1. The van der Waals surface area contributed by atoms with Crippen LogP contribution >= 0.6 is 0 Å². The first-order chi connectivity index (χ1) is 11.0. The van der Waals surface area contributed by atoms with Crippen molar-refractivity contribution in [2.75, 3.05) is 11.4 Å². The lowest BCUT2D eigenvalue weighted by molar-refractivity contribution is -0.384. The van der Waals surface area contributed by atoms with Crippen LogP contribution in [0.4, 0.5) is 11.4 Å². The monoisotopic (exact) mass is 305 g/mol. The summed E-state index contributed by atoms with van der Waals surface area (Å²) < 4.78 is 0. The lowest BCUT2D eigenvalue weighted by Gasteiger charge is -2.22. The Bertz CT molecular complexity index is 798. The highest BCUT2D eigenvalue weighted by Gasteiger charge is 2.20. The van der Waals surface area contributed by atoms with Crippen molar-refractivity contribution in [2.24, 2.45) is 0 Å². The van der Waals surface area contributed by atoms with Gasteiger partial charge in [0.2, 0.25) is 0 Å². The molecule has 0 unspecified atom stereocenters. The van der Waals surface area contributed by atoms with Crippen LogP contribution in [0, 0.1) is 40.7 Å². The molecule has 0 N–H and O–H groups in total. The van der Waals surface area contributed by atoms with E-state index in [-0.39, 0.29) is 17.8 Å². The number of rotatable bonds is 5. The second-order valence-corrected chi connectivity index (χ2v) is 5.12. The van der Waals surface area contributed by atoms with Gasteiger partial charge in [-0.1, -0.05) is 35.7 Å². The lowest BCUT2D eigenvalue weighted by Crippen LogP contribution is -2.23. The van der Waals surface area contributed by atoms with Crippen LogP contribution in [0.2, 0.25) is 0 Å². The van der Waals surface area contributed by atoms with Gasteiger partial charge in [-0.2, -0.15) is 5.26 Å². The van der Waals surface area contributed by atoms with Crippen LogP contribution in [0.5, 0.6) is 0 Å². The van der Waals surface area contributed by atoms with Crippen molar-refractivity contribution in [3.63, 3.8) is 0 Å². The summed E-state index contributed by atoms with van der Waals surface area (Å²) in [6.45, 7) is 2.69. The van der Waals surface area contributed by atoms with E-state index in [9.17, 15) is 10.1 Å². The van der Waals surface area contributed by atoms with E-state index in [2.05, 4.69) is 5.92 Å². The van der Waals surface area contributed by atoms with E-state index < -0.39 is 4.92 Å². The number of aryl methyl sites for hydroxylation is 1. The second-order valence-electron chi connectivity index (χ2n) is 5.12. The maximum atomic E-state index is 11.3. The minimum absolute atomic E-state index is 0.119. The third kappa shape index (κ3) is 3.87. The van der Waals surface area contributed by atoms with Gasteiger partial charge in [-0.25, -0.2) is 0 Å². The average molecular weight is 305 g/mol. The highest BCUT2D eigenvalue weighted by molar-refractivity contribution is 5.66. The molecular weight excluding hydrogens is 290 g/mol. The topological polar surface area (TPSA) is 70.2 Å². The van der Waals surface area contributed by atoms with E-state index in [1.807, 2.05) is 37.3 Å². The molecule has 23 heavy (non-hydrogen) atoms. The molecule has 0 atom stereocenters. The minimum Gasteiger partial charge on any atom is -0.351 e. The van der Waals surface area contributed by atoms with Gasteiger partial charge in [0.25, 0.3) is 5.69 Å². The van der Waals surface area contributed by atoms with Gasteiger partial charge in [0.1, 0.15) is 5.69 Å². The summed E-state index contributed by atoms with van der Waals surface area (Å²) in [4.78, 5) is 12.6. The third-order valence-electron chi connectivity index (χ3n) is 3.42. The zero-order valence-electron chi connectivity index (χ0n) is 12.7. The Morgan fingerprint density at radius 3 is 2.52 bits per heavy atom. The van der Waals surface area contributed by atoms with Crippen LogP contribution < -0.4 is 4.90 Å². The van der Waals surface area contributed by atoms with Gasteiger partial charge in [-0.15, -0.1) is 6.42 Å². The Morgan fingerprint density at radius 1 is 1.26 bits per heavy atom. The number of terminal acetylenes is 1. The van der Waals surface area contributed by atoms with Crippen LogP contribution in [0.25, 0.3) is 0 Å². The number of nitrogens with zero attached hydrogens (tertiary/aromatic N) is 3. The molecule has 0 heterocycles. The minimum atomic E-state index is -0.491. The Morgan fingerprint density at radius 2 is 1.96 bits per heavy atom. The van der Waals surface area contributed by atoms with Crippen LogP contribution in [-0.4, -0.2) is 11.5 Å². The van der Waals surface area contributed by atoms with E-state index in [1.54, 1.807) is 17.0 Å². The van der Waals surface area contributed by atoms with Crippen molar-refractivity contribution in [2.45, 2.75) is 13.5 Å². The molecule has 0 bridgehead atoms. The van der Waals surface area contributed by atoms with Crippen molar-refractivity contribution >= 4 is 11.4 Å². The molecule has 2 aromatic carbocycles. The molecule has 5 nitrogen and oxygen atoms in total. The van der Waals surface area contributed by atoms with Crippen LogP contribution in [0.15, 0.2) is 42.5 Å². The van der Waals surface area contributed by atoms with Gasteiger partial charge in [-0.3, -0.25) is 10.1 Å². The highest BCUT2D eigenvalue weighted by atomic mass is 16.6. The van der Waals surface area contributed by atoms with E-state index in [1.165, 1.54) is 6.07 Å². The molecule has 0 saturated heterocycles. The normalized spacial score (nSPS) is 9.70. The molecule has 0 spiro atoms. The maximum absolute atomic E-state index is 11.3. The standard InChI is InChI=1S/C18H15N3O2/c1-3-10-20(13-15-6-4-14(2)5-7-15)17-9-8-16(12-19)11-18(17)21(22)23/h1,4-9,11H,10,13H2,2H3. The molecule has 2 aromatic rings.